The normalized spacial score (nSPS) is 10.8. The van der Waals surface area contributed by atoms with Gasteiger partial charge in [0.25, 0.3) is 0 Å². The second-order valence-electron chi connectivity index (χ2n) is 5.87. The van der Waals surface area contributed by atoms with Gasteiger partial charge in [-0.3, -0.25) is 4.57 Å². The Morgan fingerprint density at radius 2 is 1.86 bits per heavy atom. The summed E-state index contributed by atoms with van der Waals surface area (Å²) in [7, 11) is 2.33. The highest BCUT2D eigenvalue weighted by Gasteiger charge is 2.27. The number of carbonyl (C=O) groups excluding carboxylic acids is 2. The third-order valence-electron chi connectivity index (χ3n) is 4.13. The van der Waals surface area contributed by atoms with Crippen molar-refractivity contribution >= 4 is 23.5 Å². The molecule has 11 nitrogen and oxygen atoms in total. The maximum atomic E-state index is 12.8. The molecule has 0 N–H and O–H groups in total. The number of benzene rings is 1. The van der Waals surface area contributed by atoms with E-state index in [0.29, 0.717) is 16.5 Å². The van der Waals surface area contributed by atoms with Crippen LogP contribution in [0.15, 0.2) is 29.1 Å². The molecule has 0 saturated carbocycles. The molecule has 0 aliphatic rings. The van der Waals surface area contributed by atoms with Gasteiger partial charge in [-0.1, -0.05) is 22.9 Å². The highest BCUT2D eigenvalue weighted by Crippen LogP contribution is 2.13. The minimum atomic E-state index is -0.821. The van der Waals surface area contributed by atoms with Gasteiger partial charge in [0.05, 0.1) is 26.5 Å². The second kappa shape index (κ2) is 8.27. The molecule has 2 aromatic heterocycles. The largest absolute Gasteiger partial charge is 0.464 e. The van der Waals surface area contributed by atoms with Gasteiger partial charge in [0.1, 0.15) is 5.82 Å². The monoisotopic (exact) mass is 420 g/mol. The summed E-state index contributed by atoms with van der Waals surface area (Å²) < 4.78 is 13.1. The van der Waals surface area contributed by atoms with Gasteiger partial charge < -0.3 is 9.47 Å². The molecule has 0 spiro atoms. The van der Waals surface area contributed by atoms with E-state index in [2.05, 4.69) is 20.1 Å². The number of aromatic nitrogens is 6. The Kier molecular flexibility index (Phi) is 5.78. The standard InChI is InChI=1S/C17H17ClN6O5/c1-10-20-24(12-6-4-5-11(18)9-12)17(27)22(10)7-8-23-14(16(26)29-3)13(19-21-23)15(25)28-2/h4-6,9H,7-8H2,1-3H3. The van der Waals surface area contributed by atoms with Crippen LogP contribution in [0.4, 0.5) is 0 Å². The van der Waals surface area contributed by atoms with Crippen LogP contribution in [-0.2, 0) is 22.6 Å². The molecule has 1 aromatic carbocycles. The fraction of sp³-hybridized carbons (Fsp3) is 0.294. The molecule has 0 saturated heterocycles. The lowest BCUT2D eigenvalue weighted by molar-refractivity contribution is 0.0543. The van der Waals surface area contributed by atoms with E-state index in [9.17, 15) is 14.4 Å². The van der Waals surface area contributed by atoms with Crippen molar-refractivity contribution in [3.8, 4) is 5.69 Å². The van der Waals surface area contributed by atoms with Crippen molar-refractivity contribution in [1.82, 2.24) is 29.3 Å². The van der Waals surface area contributed by atoms with Crippen LogP contribution in [0.2, 0.25) is 5.02 Å². The Morgan fingerprint density at radius 1 is 1.14 bits per heavy atom. The van der Waals surface area contributed by atoms with E-state index < -0.39 is 17.6 Å². The number of hydrogen-bond donors (Lipinski definition) is 0. The molecule has 3 aromatic rings. The van der Waals surface area contributed by atoms with Gasteiger partial charge in [-0.25, -0.2) is 19.1 Å². The molecular formula is C17H17ClN6O5. The van der Waals surface area contributed by atoms with Crippen molar-refractivity contribution in [2.45, 2.75) is 20.0 Å². The van der Waals surface area contributed by atoms with Gasteiger partial charge in [-0.15, -0.1) is 5.10 Å². The third kappa shape index (κ3) is 3.90. The van der Waals surface area contributed by atoms with Gasteiger partial charge in [-0.2, -0.15) is 9.78 Å². The fourth-order valence-corrected chi connectivity index (χ4v) is 2.91. The van der Waals surface area contributed by atoms with E-state index in [1.165, 1.54) is 21.0 Å². The highest BCUT2D eigenvalue weighted by molar-refractivity contribution is 6.30. The molecule has 0 bridgehead atoms. The Morgan fingerprint density at radius 3 is 2.52 bits per heavy atom. The molecule has 3 rings (SSSR count). The Hall–Kier alpha value is -3.47. The van der Waals surface area contributed by atoms with Crippen molar-refractivity contribution in [2.24, 2.45) is 0 Å². The number of hydrogen-bond acceptors (Lipinski definition) is 8. The zero-order chi connectivity index (χ0) is 21.1. The maximum Gasteiger partial charge on any atom is 0.361 e. The van der Waals surface area contributed by atoms with Crippen LogP contribution >= 0.6 is 11.6 Å². The molecule has 0 atom stereocenters. The van der Waals surface area contributed by atoms with Crippen molar-refractivity contribution in [3.05, 3.63) is 57.0 Å². The summed E-state index contributed by atoms with van der Waals surface area (Å²) in [5.74, 6) is -1.17. The summed E-state index contributed by atoms with van der Waals surface area (Å²) >= 11 is 5.99. The Labute approximate surface area is 169 Å². The summed E-state index contributed by atoms with van der Waals surface area (Å²) in [6.07, 6.45) is 0. The fourth-order valence-electron chi connectivity index (χ4n) is 2.72. The van der Waals surface area contributed by atoms with Crippen LogP contribution in [0, 0.1) is 6.92 Å². The molecule has 29 heavy (non-hydrogen) atoms. The lowest BCUT2D eigenvalue weighted by Crippen LogP contribution is -2.27. The number of methoxy groups -OCH3 is 2. The first-order chi connectivity index (χ1) is 13.9. The number of nitrogens with zero attached hydrogens (tertiary/aromatic N) is 6. The molecular weight excluding hydrogens is 404 g/mol. The van der Waals surface area contributed by atoms with Crippen LogP contribution in [0.25, 0.3) is 5.69 Å². The molecule has 0 fully saturated rings. The van der Waals surface area contributed by atoms with Gasteiger partial charge >= 0.3 is 17.6 Å². The number of carbonyl (C=O) groups is 2. The number of ether oxygens (including phenoxy) is 2. The molecule has 12 heteroatoms. The maximum absolute atomic E-state index is 12.8. The summed E-state index contributed by atoms with van der Waals surface area (Å²) in [5.41, 5.74) is -0.295. The van der Waals surface area contributed by atoms with Crippen molar-refractivity contribution in [2.75, 3.05) is 14.2 Å². The molecule has 2 heterocycles. The van der Waals surface area contributed by atoms with Crippen LogP contribution in [0.5, 0.6) is 0 Å². The molecule has 0 radical (unpaired) electrons. The zero-order valence-electron chi connectivity index (χ0n) is 15.8. The van der Waals surface area contributed by atoms with E-state index in [1.54, 1.807) is 31.2 Å². The first-order valence-electron chi connectivity index (χ1n) is 8.40. The van der Waals surface area contributed by atoms with Crippen molar-refractivity contribution in [1.29, 1.82) is 0 Å². The topological polar surface area (TPSA) is 123 Å². The number of esters is 2. The van der Waals surface area contributed by atoms with Crippen LogP contribution in [0.3, 0.4) is 0 Å². The van der Waals surface area contributed by atoms with E-state index in [0.717, 1.165) is 7.11 Å². The first-order valence-corrected chi connectivity index (χ1v) is 8.77. The molecule has 0 unspecified atom stereocenters. The molecule has 0 aliphatic carbocycles. The average molecular weight is 421 g/mol. The Balaban J connectivity index is 1.91. The summed E-state index contributed by atoms with van der Waals surface area (Å²) in [5, 5.41) is 12.2. The lowest BCUT2D eigenvalue weighted by Gasteiger charge is -2.07. The number of aryl methyl sites for hydroxylation is 2. The van der Waals surface area contributed by atoms with Crippen molar-refractivity contribution in [3.63, 3.8) is 0 Å². The SMILES string of the molecule is COC(=O)c1nnn(CCn2c(C)nn(-c3cccc(Cl)c3)c2=O)c1C(=O)OC. The van der Waals surface area contributed by atoms with E-state index >= 15 is 0 Å². The van der Waals surface area contributed by atoms with Crippen LogP contribution in [0.1, 0.15) is 26.8 Å². The molecule has 0 amide bonds. The van der Waals surface area contributed by atoms with E-state index in [-0.39, 0.29) is 24.5 Å². The minimum Gasteiger partial charge on any atom is -0.464 e. The van der Waals surface area contributed by atoms with Gasteiger partial charge in [0, 0.05) is 11.6 Å². The quantitative estimate of drug-likeness (QED) is 0.538. The summed E-state index contributed by atoms with van der Waals surface area (Å²) in [6.45, 7) is 1.86. The minimum absolute atomic E-state index is 0.0659. The van der Waals surface area contributed by atoms with E-state index in [1.807, 2.05) is 0 Å². The molecule has 0 aliphatic heterocycles. The Bertz CT molecular complexity index is 1130. The van der Waals surface area contributed by atoms with Gasteiger partial charge in [0.15, 0.2) is 5.69 Å². The lowest BCUT2D eigenvalue weighted by atomic mass is 10.3. The van der Waals surface area contributed by atoms with Crippen LogP contribution < -0.4 is 5.69 Å². The van der Waals surface area contributed by atoms with Crippen molar-refractivity contribution < 1.29 is 19.1 Å². The van der Waals surface area contributed by atoms with Crippen LogP contribution in [-0.4, -0.2) is 55.5 Å². The smallest absolute Gasteiger partial charge is 0.361 e. The summed E-state index contributed by atoms with van der Waals surface area (Å²) in [6, 6.07) is 6.73. The highest BCUT2D eigenvalue weighted by atomic mass is 35.5. The zero-order valence-corrected chi connectivity index (χ0v) is 16.6. The first kappa shape index (κ1) is 20.3. The van der Waals surface area contributed by atoms with Gasteiger partial charge in [0.2, 0.25) is 5.69 Å². The number of halogens is 1. The average Bonchev–Trinajstić information content (AvgIpc) is 3.26. The van der Waals surface area contributed by atoms with Gasteiger partial charge in [-0.05, 0) is 25.1 Å². The predicted octanol–water partition coefficient (Wildman–Crippen LogP) is 0.861. The second-order valence-corrected chi connectivity index (χ2v) is 6.30. The predicted molar refractivity (Wildman–Crippen MR) is 100 cm³/mol. The van der Waals surface area contributed by atoms with E-state index in [4.69, 9.17) is 16.3 Å². The summed E-state index contributed by atoms with van der Waals surface area (Å²) in [4.78, 5) is 36.7. The number of rotatable bonds is 6. The third-order valence-corrected chi connectivity index (χ3v) is 4.36. The molecule has 152 valence electrons.